The SMILES string of the molecule is C[Si](C)(c1ccccc1)[C]1([Si](C)(C)c2ccccc2)C=C[N](C23CC4CC(CC(C4)C2)C3)[Ge]1. The van der Waals surface area contributed by atoms with Crippen LogP contribution in [0.1, 0.15) is 38.5 Å². The van der Waals surface area contributed by atoms with Crippen LogP contribution in [0.4, 0.5) is 0 Å². The van der Waals surface area contributed by atoms with E-state index in [1.54, 1.807) is 10.4 Å². The maximum absolute atomic E-state index is 3.06. The molecule has 2 aromatic rings. The fraction of sp³-hybridized carbons (Fsp3) is 0.517. The van der Waals surface area contributed by atoms with E-state index in [4.69, 9.17) is 0 Å². The van der Waals surface area contributed by atoms with Crippen molar-refractivity contribution in [2.24, 2.45) is 17.8 Å². The van der Waals surface area contributed by atoms with Crippen molar-refractivity contribution < 1.29 is 0 Å². The summed E-state index contributed by atoms with van der Waals surface area (Å²) in [5.41, 5.74) is 0.509. The molecule has 1 nitrogen and oxygen atoms in total. The normalized spacial score (nSPS) is 32.5. The summed E-state index contributed by atoms with van der Waals surface area (Å²) >= 11 is -0.315. The van der Waals surface area contributed by atoms with Gasteiger partial charge in [0.25, 0.3) is 0 Å². The minimum absolute atomic E-state index is 0.315. The van der Waals surface area contributed by atoms with Gasteiger partial charge < -0.3 is 0 Å². The molecule has 4 heteroatoms. The van der Waals surface area contributed by atoms with Gasteiger partial charge in [-0.05, 0) is 0 Å². The number of hydrogen-bond acceptors (Lipinski definition) is 1. The molecule has 2 aromatic carbocycles. The van der Waals surface area contributed by atoms with E-state index in [0.29, 0.717) is 9.03 Å². The minimum atomic E-state index is -1.78. The predicted molar refractivity (Wildman–Crippen MR) is 147 cm³/mol. The summed E-state index contributed by atoms with van der Waals surface area (Å²) in [7, 11) is -3.56. The first-order valence-electron chi connectivity index (χ1n) is 13.1. The Labute approximate surface area is 209 Å². The van der Waals surface area contributed by atoms with Crippen molar-refractivity contribution in [1.29, 1.82) is 0 Å². The monoisotopic (exact) mass is 531 g/mol. The standard InChI is InChI=1S/C29H39GeNSi2/c1-32(2,26-11-7-5-8-12-26)29(33(3,4)27-13-9-6-10-14-27)15-16-31(30-29)28-20-23-17-24(21-28)19-25(18-23)22-28/h5-16,23-25H,17-22H2,1-4H3. The Hall–Kier alpha value is -1.04. The van der Waals surface area contributed by atoms with E-state index in [0.717, 1.165) is 17.8 Å². The fourth-order valence-electron chi connectivity index (χ4n) is 8.73. The molecule has 4 aliphatic carbocycles. The Bertz CT molecular complexity index is 959. The van der Waals surface area contributed by atoms with Crippen LogP contribution in [0.15, 0.2) is 72.9 Å². The molecule has 0 unspecified atom stereocenters. The summed E-state index contributed by atoms with van der Waals surface area (Å²) < 4.78 is 3.47. The average molecular weight is 530 g/mol. The van der Waals surface area contributed by atoms with Crippen LogP contribution in [0.5, 0.6) is 0 Å². The maximum atomic E-state index is 3.06. The number of hydrogen-bond donors (Lipinski definition) is 0. The molecular weight excluding hydrogens is 491 g/mol. The predicted octanol–water partition coefficient (Wildman–Crippen LogP) is 5.87. The van der Waals surface area contributed by atoms with E-state index >= 15 is 0 Å². The molecule has 4 saturated carbocycles. The fourth-order valence-corrected chi connectivity index (χ4v) is 29.4. The molecule has 0 saturated heterocycles. The van der Waals surface area contributed by atoms with Crippen molar-refractivity contribution in [2.75, 3.05) is 0 Å². The molecule has 1 aliphatic heterocycles. The van der Waals surface area contributed by atoms with Gasteiger partial charge in [0.2, 0.25) is 0 Å². The van der Waals surface area contributed by atoms with Crippen LogP contribution in [0, 0.1) is 17.8 Å². The molecule has 7 rings (SSSR count). The van der Waals surface area contributed by atoms with E-state index in [1.807, 2.05) is 0 Å². The quantitative estimate of drug-likeness (QED) is 0.437. The topological polar surface area (TPSA) is 3.24 Å². The Morgan fingerprint density at radius 3 is 1.55 bits per heavy atom. The summed E-state index contributed by atoms with van der Waals surface area (Å²) in [6.07, 6.45) is 14.6. The molecule has 4 bridgehead atoms. The van der Waals surface area contributed by atoms with Crippen LogP contribution < -0.4 is 10.4 Å². The first-order chi connectivity index (χ1) is 15.8. The van der Waals surface area contributed by atoms with Crippen molar-refractivity contribution in [3.63, 3.8) is 0 Å². The third kappa shape index (κ3) is 3.28. The Morgan fingerprint density at radius 1 is 0.697 bits per heavy atom. The Balaban J connectivity index is 1.44. The van der Waals surface area contributed by atoms with Gasteiger partial charge in [0.15, 0.2) is 0 Å². The molecule has 172 valence electrons. The number of allylic oxidation sites excluding steroid dienone is 1. The number of rotatable bonds is 5. The average Bonchev–Trinajstić information content (AvgIpc) is 3.29. The van der Waals surface area contributed by atoms with E-state index in [2.05, 4.69) is 103 Å². The Kier molecular flexibility index (Phi) is 5.25. The van der Waals surface area contributed by atoms with E-state index in [1.165, 1.54) is 38.5 Å². The van der Waals surface area contributed by atoms with Crippen molar-refractivity contribution >= 4 is 42.2 Å². The second-order valence-electron chi connectivity index (χ2n) is 12.7. The van der Waals surface area contributed by atoms with Crippen molar-refractivity contribution in [3.8, 4) is 0 Å². The van der Waals surface area contributed by atoms with Gasteiger partial charge in [-0.1, -0.05) is 0 Å². The van der Waals surface area contributed by atoms with E-state index in [-0.39, 0.29) is 15.7 Å². The van der Waals surface area contributed by atoms with E-state index in [9.17, 15) is 0 Å². The zero-order valence-corrected chi connectivity index (χ0v) is 24.9. The molecule has 0 N–H and O–H groups in total. The second kappa shape index (κ2) is 7.73. The van der Waals surface area contributed by atoms with Crippen molar-refractivity contribution in [2.45, 2.75) is 73.7 Å². The molecule has 0 aromatic heterocycles. The summed E-state index contributed by atoms with van der Waals surface area (Å²) in [4.78, 5) is 0. The van der Waals surface area contributed by atoms with Crippen LogP contribution in [-0.2, 0) is 0 Å². The molecule has 0 atom stereocenters. The van der Waals surface area contributed by atoms with Gasteiger partial charge in [0, 0.05) is 0 Å². The first-order valence-corrected chi connectivity index (χ1v) is 21.1. The first kappa shape index (κ1) is 22.4. The summed E-state index contributed by atoms with van der Waals surface area (Å²) in [6.45, 7) is 10.8. The van der Waals surface area contributed by atoms with Crippen molar-refractivity contribution in [3.05, 3.63) is 72.9 Å². The number of nitrogens with zero attached hydrogens (tertiary/aromatic N) is 1. The zero-order valence-electron chi connectivity index (χ0n) is 20.9. The summed E-state index contributed by atoms with van der Waals surface area (Å²) in [5.74, 6) is 3.06. The van der Waals surface area contributed by atoms with E-state index < -0.39 is 16.1 Å². The summed E-state index contributed by atoms with van der Waals surface area (Å²) in [5, 5.41) is 3.31. The van der Waals surface area contributed by atoms with Gasteiger partial charge in [-0.2, -0.15) is 0 Å². The number of benzene rings is 2. The second-order valence-corrected chi connectivity index (χ2v) is 27.7. The van der Waals surface area contributed by atoms with Crippen LogP contribution in [0.3, 0.4) is 0 Å². The summed E-state index contributed by atoms with van der Waals surface area (Å²) in [6, 6.07) is 23.3. The zero-order chi connectivity index (χ0) is 22.9. The van der Waals surface area contributed by atoms with Crippen LogP contribution in [0.25, 0.3) is 0 Å². The third-order valence-corrected chi connectivity index (χ3v) is 33.8. The van der Waals surface area contributed by atoms with Gasteiger partial charge >= 0.3 is 210 Å². The molecule has 1 heterocycles. The van der Waals surface area contributed by atoms with Gasteiger partial charge in [-0.15, -0.1) is 0 Å². The van der Waals surface area contributed by atoms with Gasteiger partial charge in [0.1, 0.15) is 0 Å². The molecule has 33 heavy (non-hydrogen) atoms. The molecular formula is C29H39GeNSi2. The molecule has 0 spiro atoms. The van der Waals surface area contributed by atoms with Crippen LogP contribution in [-0.4, -0.2) is 41.2 Å². The molecule has 2 radical (unpaired) electrons. The molecule has 5 aliphatic rings. The Morgan fingerprint density at radius 2 is 1.12 bits per heavy atom. The molecule has 0 amide bonds. The third-order valence-electron chi connectivity index (χ3n) is 10.2. The van der Waals surface area contributed by atoms with Gasteiger partial charge in [0.05, 0.1) is 0 Å². The van der Waals surface area contributed by atoms with Crippen LogP contribution >= 0.6 is 0 Å². The van der Waals surface area contributed by atoms with Crippen LogP contribution in [0.2, 0.25) is 29.7 Å². The van der Waals surface area contributed by atoms with Gasteiger partial charge in [-0.3, -0.25) is 0 Å². The van der Waals surface area contributed by atoms with Crippen molar-refractivity contribution in [1.82, 2.24) is 3.86 Å². The van der Waals surface area contributed by atoms with Gasteiger partial charge in [-0.25, -0.2) is 0 Å². The molecule has 4 fully saturated rings.